The average Bonchev–Trinajstić information content (AvgIpc) is 2.75. The van der Waals surface area contributed by atoms with Crippen LogP contribution in [0.5, 0.6) is 11.5 Å². The van der Waals surface area contributed by atoms with Crippen molar-refractivity contribution in [3.05, 3.63) is 77.9 Å². The molecule has 0 saturated heterocycles. The molecular formula is C23H24N2O5S. The normalized spacial score (nSPS) is 10.9. The van der Waals surface area contributed by atoms with Gasteiger partial charge in [0.05, 0.1) is 30.0 Å². The number of carbonyl (C=O) groups excluding carboxylic acids is 1. The summed E-state index contributed by atoms with van der Waals surface area (Å²) in [6.45, 7) is 4.02. The molecule has 7 nitrogen and oxygen atoms in total. The highest BCUT2D eigenvalue weighted by molar-refractivity contribution is 7.92. The molecule has 0 fully saturated rings. The number of hydrogen-bond acceptors (Lipinski definition) is 5. The molecular weight excluding hydrogens is 416 g/mol. The van der Waals surface area contributed by atoms with E-state index >= 15 is 0 Å². The Balaban J connectivity index is 1.95. The molecule has 0 unspecified atom stereocenters. The average molecular weight is 441 g/mol. The summed E-state index contributed by atoms with van der Waals surface area (Å²) in [7, 11) is -2.49. The van der Waals surface area contributed by atoms with E-state index in [1.807, 2.05) is 13.0 Å². The monoisotopic (exact) mass is 440 g/mol. The number of methoxy groups -OCH3 is 1. The summed E-state index contributed by atoms with van der Waals surface area (Å²) in [5.74, 6) is 0.404. The molecule has 0 radical (unpaired) electrons. The number of benzene rings is 3. The van der Waals surface area contributed by atoms with Gasteiger partial charge in [0, 0.05) is 5.56 Å². The summed E-state index contributed by atoms with van der Waals surface area (Å²) >= 11 is 0. The largest absolute Gasteiger partial charge is 0.495 e. The van der Waals surface area contributed by atoms with Crippen LogP contribution >= 0.6 is 0 Å². The van der Waals surface area contributed by atoms with Crippen LogP contribution in [0.1, 0.15) is 22.8 Å². The Morgan fingerprint density at radius 3 is 2.32 bits per heavy atom. The van der Waals surface area contributed by atoms with Crippen LogP contribution in [-0.4, -0.2) is 28.0 Å². The van der Waals surface area contributed by atoms with Crippen molar-refractivity contribution in [1.82, 2.24) is 0 Å². The smallest absolute Gasteiger partial charge is 0.262 e. The zero-order chi connectivity index (χ0) is 22.4. The fourth-order valence-electron chi connectivity index (χ4n) is 2.94. The minimum Gasteiger partial charge on any atom is -0.495 e. The van der Waals surface area contributed by atoms with Crippen LogP contribution in [0.25, 0.3) is 0 Å². The number of rotatable bonds is 8. The highest BCUT2D eigenvalue weighted by Crippen LogP contribution is 2.31. The van der Waals surface area contributed by atoms with E-state index < -0.39 is 10.0 Å². The van der Waals surface area contributed by atoms with Crippen LogP contribution in [0.15, 0.2) is 71.6 Å². The Morgan fingerprint density at radius 1 is 0.935 bits per heavy atom. The van der Waals surface area contributed by atoms with Crippen molar-refractivity contribution < 1.29 is 22.7 Å². The molecule has 3 aromatic carbocycles. The number of ether oxygens (including phenoxy) is 2. The summed E-state index contributed by atoms with van der Waals surface area (Å²) in [6, 6.07) is 18.2. The summed E-state index contributed by atoms with van der Waals surface area (Å²) in [5, 5.41) is 2.74. The van der Waals surface area contributed by atoms with Crippen molar-refractivity contribution in [2.75, 3.05) is 23.8 Å². The maximum atomic E-state index is 13.0. The first-order chi connectivity index (χ1) is 14.8. The van der Waals surface area contributed by atoms with Crippen LogP contribution in [0, 0.1) is 6.92 Å². The van der Waals surface area contributed by atoms with E-state index in [1.54, 1.807) is 49.4 Å². The molecule has 31 heavy (non-hydrogen) atoms. The third-order valence-electron chi connectivity index (χ3n) is 4.44. The summed E-state index contributed by atoms with van der Waals surface area (Å²) in [6.07, 6.45) is 0. The molecule has 0 heterocycles. The third kappa shape index (κ3) is 5.35. The minimum absolute atomic E-state index is 0.0251. The van der Waals surface area contributed by atoms with Gasteiger partial charge in [-0.05, 0) is 61.9 Å². The Bertz CT molecular complexity index is 1180. The molecule has 1 amide bonds. The second-order valence-corrected chi connectivity index (χ2v) is 8.40. The van der Waals surface area contributed by atoms with Crippen molar-refractivity contribution >= 4 is 27.3 Å². The summed E-state index contributed by atoms with van der Waals surface area (Å²) < 4.78 is 39.4. The highest BCUT2D eigenvalue weighted by Gasteiger charge is 2.20. The minimum atomic E-state index is -3.95. The second-order valence-electron chi connectivity index (χ2n) is 6.72. The molecule has 0 aromatic heterocycles. The van der Waals surface area contributed by atoms with Crippen molar-refractivity contribution in [1.29, 1.82) is 0 Å². The molecule has 3 aromatic rings. The number of carbonyl (C=O) groups is 1. The van der Waals surface area contributed by atoms with Crippen LogP contribution in [0.4, 0.5) is 11.4 Å². The lowest BCUT2D eigenvalue weighted by Crippen LogP contribution is -2.16. The van der Waals surface area contributed by atoms with Gasteiger partial charge in [-0.25, -0.2) is 8.42 Å². The van der Waals surface area contributed by atoms with Crippen LogP contribution < -0.4 is 19.5 Å². The van der Waals surface area contributed by atoms with Gasteiger partial charge < -0.3 is 14.8 Å². The quantitative estimate of drug-likeness (QED) is 0.540. The number of anilines is 2. The Morgan fingerprint density at radius 2 is 1.65 bits per heavy atom. The van der Waals surface area contributed by atoms with E-state index in [9.17, 15) is 13.2 Å². The van der Waals surface area contributed by atoms with Crippen molar-refractivity contribution in [3.63, 3.8) is 0 Å². The first-order valence-electron chi connectivity index (χ1n) is 9.64. The number of amides is 1. The van der Waals surface area contributed by atoms with Crippen molar-refractivity contribution in [2.45, 2.75) is 18.7 Å². The van der Waals surface area contributed by atoms with Gasteiger partial charge in [0.2, 0.25) is 0 Å². The molecule has 0 bridgehead atoms. The number of nitrogens with one attached hydrogen (secondary N) is 2. The van der Waals surface area contributed by atoms with Crippen molar-refractivity contribution in [3.8, 4) is 11.5 Å². The predicted octanol–water partition coefficient (Wildman–Crippen LogP) is 4.46. The van der Waals surface area contributed by atoms with Gasteiger partial charge in [-0.1, -0.05) is 24.3 Å². The first kappa shape index (κ1) is 22.2. The van der Waals surface area contributed by atoms with Gasteiger partial charge in [-0.3, -0.25) is 9.52 Å². The van der Waals surface area contributed by atoms with Crippen LogP contribution in [0.3, 0.4) is 0 Å². The van der Waals surface area contributed by atoms with Gasteiger partial charge in [0.25, 0.3) is 15.9 Å². The maximum absolute atomic E-state index is 13.0. The van der Waals surface area contributed by atoms with E-state index in [0.717, 1.165) is 5.56 Å². The van der Waals surface area contributed by atoms with E-state index in [1.165, 1.54) is 25.3 Å². The van der Waals surface area contributed by atoms with Gasteiger partial charge in [-0.15, -0.1) is 0 Å². The fraction of sp³-hybridized carbons (Fsp3) is 0.174. The first-order valence-corrected chi connectivity index (χ1v) is 11.1. The maximum Gasteiger partial charge on any atom is 0.262 e. The lowest BCUT2D eigenvalue weighted by atomic mass is 10.2. The van der Waals surface area contributed by atoms with Crippen LogP contribution in [-0.2, 0) is 10.0 Å². The molecule has 0 atom stereocenters. The lowest BCUT2D eigenvalue weighted by Gasteiger charge is -2.15. The zero-order valence-corrected chi connectivity index (χ0v) is 18.3. The Kier molecular flexibility index (Phi) is 6.81. The summed E-state index contributed by atoms with van der Waals surface area (Å²) in [4.78, 5) is 12.6. The molecule has 162 valence electrons. The SMILES string of the molecule is CCOc1ccc(S(=O)(=O)Nc2cc(C)ccc2OC)cc1NC(=O)c1ccccc1. The van der Waals surface area contributed by atoms with Gasteiger partial charge in [0.15, 0.2) is 0 Å². The molecule has 8 heteroatoms. The molecule has 0 aliphatic rings. The van der Waals surface area contributed by atoms with Gasteiger partial charge >= 0.3 is 0 Å². The Labute approximate surface area is 182 Å². The Hall–Kier alpha value is -3.52. The van der Waals surface area contributed by atoms with Gasteiger partial charge in [-0.2, -0.15) is 0 Å². The van der Waals surface area contributed by atoms with E-state index in [2.05, 4.69) is 10.0 Å². The number of hydrogen-bond donors (Lipinski definition) is 2. The molecule has 0 aliphatic heterocycles. The second kappa shape index (κ2) is 9.53. The zero-order valence-electron chi connectivity index (χ0n) is 17.5. The molecule has 0 aliphatic carbocycles. The van der Waals surface area contributed by atoms with Crippen LogP contribution in [0.2, 0.25) is 0 Å². The number of sulfonamides is 1. The molecule has 0 saturated carbocycles. The molecule has 2 N–H and O–H groups in total. The van der Waals surface area contributed by atoms with E-state index in [0.29, 0.717) is 29.4 Å². The molecule has 0 spiro atoms. The predicted molar refractivity (Wildman–Crippen MR) is 121 cm³/mol. The third-order valence-corrected chi connectivity index (χ3v) is 5.81. The lowest BCUT2D eigenvalue weighted by molar-refractivity contribution is 0.102. The van der Waals surface area contributed by atoms with Crippen molar-refractivity contribution in [2.24, 2.45) is 0 Å². The van der Waals surface area contributed by atoms with Gasteiger partial charge in [0.1, 0.15) is 11.5 Å². The van der Waals surface area contributed by atoms with E-state index in [4.69, 9.17) is 9.47 Å². The topological polar surface area (TPSA) is 93.7 Å². The fourth-order valence-corrected chi connectivity index (χ4v) is 4.03. The number of aryl methyl sites for hydroxylation is 1. The highest BCUT2D eigenvalue weighted by atomic mass is 32.2. The standard InChI is InChI=1S/C23H24N2O5S/c1-4-30-22-13-11-18(15-19(22)24-23(26)17-8-6-5-7-9-17)31(27,28)25-20-14-16(2)10-12-21(20)29-3/h5-15,25H,4H2,1-3H3,(H,24,26). The summed E-state index contributed by atoms with van der Waals surface area (Å²) in [5.41, 5.74) is 1.91. The molecule has 3 rings (SSSR count). The van der Waals surface area contributed by atoms with E-state index in [-0.39, 0.29) is 16.5 Å².